The van der Waals surface area contributed by atoms with Crippen molar-refractivity contribution in [1.29, 1.82) is 0 Å². The van der Waals surface area contributed by atoms with Crippen LogP contribution in [-0.4, -0.2) is 26.3 Å². The van der Waals surface area contributed by atoms with E-state index >= 15 is 0 Å². The molecule has 164 valence electrons. The number of aromatic nitrogens is 3. The number of aliphatic carboxylic acids is 1. The molecule has 0 unspecified atom stereocenters. The highest BCUT2D eigenvalue weighted by Gasteiger charge is 2.27. The summed E-state index contributed by atoms with van der Waals surface area (Å²) in [6, 6.07) is 19.7. The van der Waals surface area contributed by atoms with Gasteiger partial charge in [-0.25, -0.2) is 4.79 Å². The minimum Gasteiger partial charge on any atom is -0.478 e. The first kappa shape index (κ1) is 20.8. The second kappa shape index (κ2) is 8.82. The van der Waals surface area contributed by atoms with Gasteiger partial charge in [0.05, 0.1) is 16.6 Å². The minimum absolute atomic E-state index is 0.402. The highest BCUT2D eigenvalue weighted by Crippen LogP contribution is 2.45. The van der Waals surface area contributed by atoms with Gasteiger partial charge in [-0.15, -0.1) is 5.10 Å². The van der Waals surface area contributed by atoms with Gasteiger partial charge in [-0.2, -0.15) is 4.39 Å². The first-order valence-electron chi connectivity index (χ1n) is 10.9. The van der Waals surface area contributed by atoms with Gasteiger partial charge in [0, 0.05) is 17.8 Å². The van der Waals surface area contributed by atoms with Gasteiger partial charge in [-0.3, -0.25) is 10.1 Å². The van der Waals surface area contributed by atoms with Crippen molar-refractivity contribution in [3.63, 3.8) is 0 Å². The van der Waals surface area contributed by atoms with E-state index in [2.05, 4.69) is 27.3 Å². The van der Waals surface area contributed by atoms with Crippen molar-refractivity contribution in [2.75, 3.05) is 0 Å². The van der Waals surface area contributed by atoms with E-state index in [9.17, 15) is 9.18 Å². The molecule has 2 heterocycles. The lowest BCUT2D eigenvalue weighted by molar-refractivity contribution is -0.131. The number of halogens is 1. The Morgan fingerprint density at radius 3 is 2.48 bits per heavy atom. The lowest BCUT2D eigenvalue weighted by atomic mass is 9.73. The summed E-state index contributed by atoms with van der Waals surface area (Å²) in [5, 5.41) is 15.8. The molecule has 1 aliphatic carbocycles. The maximum Gasteiger partial charge on any atom is 0.328 e. The van der Waals surface area contributed by atoms with Gasteiger partial charge < -0.3 is 5.11 Å². The van der Waals surface area contributed by atoms with Crippen LogP contribution in [0.4, 0.5) is 4.39 Å². The Labute approximate surface area is 190 Å². The number of carbonyl (C=O) groups is 1. The summed E-state index contributed by atoms with van der Waals surface area (Å²) in [4.78, 5) is 15.3. The van der Waals surface area contributed by atoms with Crippen LogP contribution in [0.25, 0.3) is 28.1 Å². The van der Waals surface area contributed by atoms with Crippen LogP contribution in [-0.2, 0) is 4.79 Å². The molecule has 2 N–H and O–H groups in total. The number of hydrogen-bond donors (Lipinski definition) is 2. The third-order valence-electron chi connectivity index (χ3n) is 6.14. The van der Waals surface area contributed by atoms with Gasteiger partial charge in [-0.1, -0.05) is 48.9 Å². The molecule has 5 rings (SSSR count). The van der Waals surface area contributed by atoms with Crippen LogP contribution in [0, 0.1) is 11.9 Å². The van der Waals surface area contributed by atoms with Crippen LogP contribution in [0.3, 0.4) is 0 Å². The molecule has 2 aromatic heterocycles. The molecule has 1 aliphatic rings. The van der Waals surface area contributed by atoms with Gasteiger partial charge in [-0.05, 0) is 65.3 Å². The average molecular weight is 439 g/mol. The van der Waals surface area contributed by atoms with Crippen molar-refractivity contribution < 1.29 is 14.3 Å². The average Bonchev–Trinajstić information content (AvgIpc) is 3.17. The number of nitrogens with one attached hydrogen (secondary N) is 1. The maximum atomic E-state index is 14.3. The Morgan fingerprint density at radius 1 is 1.03 bits per heavy atom. The molecule has 5 nitrogen and oxygen atoms in total. The molecule has 0 radical (unpaired) electrons. The highest BCUT2D eigenvalue weighted by molar-refractivity contribution is 6.01. The predicted molar refractivity (Wildman–Crippen MR) is 127 cm³/mol. The molecule has 0 spiro atoms. The van der Waals surface area contributed by atoms with Crippen LogP contribution < -0.4 is 0 Å². The normalized spacial score (nSPS) is 14.9. The second-order valence-electron chi connectivity index (χ2n) is 8.20. The second-order valence-corrected chi connectivity index (χ2v) is 8.20. The van der Waals surface area contributed by atoms with Gasteiger partial charge >= 0.3 is 5.97 Å². The first-order chi connectivity index (χ1) is 16.1. The van der Waals surface area contributed by atoms with E-state index in [0.29, 0.717) is 22.5 Å². The molecular formula is C27H22FN3O2. The fourth-order valence-corrected chi connectivity index (χ4v) is 4.32. The molecule has 33 heavy (non-hydrogen) atoms. The van der Waals surface area contributed by atoms with Crippen LogP contribution in [0.2, 0.25) is 0 Å². The van der Waals surface area contributed by atoms with E-state index in [0.717, 1.165) is 41.2 Å². The Hall–Kier alpha value is -4.06. The van der Waals surface area contributed by atoms with Crippen molar-refractivity contribution in [2.24, 2.45) is 5.92 Å². The van der Waals surface area contributed by atoms with Gasteiger partial charge in [0.1, 0.15) is 0 Å². The molecule has 0 saturated heterocycles. The molecule has 6 heteroatoms. The number of fused-ring (bicyclic) bond motifs is 1. The number of benzene rings is 2. The third kappa shape index (κ3) is 4.20. The number of rotatable bonds is 6. The molecule has 0 bridgehead atoms. The molecular weight excluding hydrogens is 417 g/mol. The summed E-state index contributed by atoms with van der Waals surface area (Å²) in [5.74, 6) is -1.14. The molecule has 0 amide bonds. The fraction of sp³-hybridized carbons (Fsp3) is 0.148. The summed E-state index contributed by atoms with van der Waals surface area (Å²) in [6.07, 6.45) is 7.67. The molecule has 1 saturated carbocycles. The Morgan fingerprint density at radius 2 is 1.82 bits per heavy atom. The SMILES string of the molecule is O=C(O)/C=C/c1ccc(/C(=C(\c2ccccc2)C2CCC2)c2ccc3[nH]nc(F)c3c2)cn1. The van der Waals surface area contributed by atoms with E-state index in [1.54, 1.807) is 12.3 Å². The zero-order valence-corrected chi connectivity index (χ0v) is 17.8. The quantitative estimate of drug-likeness (QED) is 0.287. The number of pyridine rings is 1. The smallest absolute Gasteiger partial charge is 0.328 e. The van der Waals surface area contributed by atoms with Crippen molar-refractivity contribution in [3.05, 3.63) is 101 Å². The Bertz CT molecular complexity index is 1370. The largest absolute Gasteiger partial charge is 0.478 e. The van der Waals surface area contributed by atoms with E-state index in [1.165, 1.54) is 18.1 Å². The van der Waals surface area contributed by atoms with Crippen LogP contribution >= 0.6 is 0 Å². The van der Waals surface area contributed by atoms with Crippen LogP contribution in [0.1, 0.15) is 41.6 Å². The number of carboxylic acid groups (broad SMARTS) is 1. The summed E-state index contributed by atoms with van der Waals surface area (Å²) in [5.41, 5.74) is 6.37. The summed E-state index contributed by atoms with van der Waals surface area (Å²) < 4.78 is 14.3. The van der Waals surface area contributed by atoms with E-state index in [1.807, 2.05) is 42.5 Å². The number of H-pyrrole nitrogens is 1. The molecule has 0 atom stereocenters. The Balaban J connectivity index is 1.73. The summed E-state index contributed by atoms with van der Waals surface area (Å²) >= 11 is 0. The first-order valence-corrected chi connectivity index (χ1v) is 10.9. The number of aromatic amines is 1. The summed E-state index contributed by atoms with van der Waals surface area (Å²) in [7, 11) is 0. The number of hydrogen-bond acceptors (Lipinski definition) is 3. The number of nitrogens with zero attached hydrogens (tertiary/aromatic N) is 2. The van der Waals surface area contributed by atoms with Crippen LogP contribution in [0.5, 0.6) is 0 Å². The highest BCUT2D eigenvalue weighted by atomic mass is 19.1. The fourth-order valence-electron chi connectivity index (χ4n) is 4.32. The molecule has 0 aliphatic heterocycles. The monoisotopic (exact) mass is 439 g/mol. The van der Waals surface area contributed by atoms with E-state index < -0.39 is 11.9 Å². The topological polar surface area (TPSA) is 78.9 Å². The minimum atomic E-state index is -1.02. The van der Waals surface area contributed by atoms with Crippen molar-refractivity contribution in [2.45, 2.75) is 19.3 Å². The van der Waals surface area contributed by atoms with Crippen molar-refractivity contribution in [1.82, 2.24) is 15.2 Å². The maximum absolute atomic E-state index is 14.3. The lowest BCUT2D eigenvalue weighted by Gasteiger charge is -2.31. The third-order valence-corrected chi connectivity index (χ3v) is 6.14. The molecule has 1 fully saturated rings. The van der Waals surface area contributed by atoms with Gasteiger partial charge in [0.15, 0.2) is 0 Å². The number of carboxylic acids is 1. The summed E-state index contributed by atoms with van der Waals surface area (Å²) in [6.45, 7) is 0. The Kier molecular flexibility index (Phi) is 5.57. The van der Waals surface area contributed by atoms with Gasteiger partial charge in [0.2, 0.25) is 5.95 Å². The molecule has 4 aromatic rings. The lowest BCUT2D eigenvalue weighted by Crippen LogP contribution is -2.15. The van der Waals surface area contributed by atoms with Crippen molar-refractivity contribution in [3.8, 4) is 0 Å². The van der Waals surface area contributed by atoms with Crippen LogP contribution in [0.15, 0.2) is 72.9 Å². The van der Waals surface area contributed by atoms with E-state index in [-0.39, 0.29) is 0 Å². The van der Waals surface area contributed by atoms with E-state index in [4.69, 9.17) is 5.11 Å². The van der Waals surface area contributed by atoms with Gasteiger partial charge in [0.25, 0.3) is 0 Å². The predicted octanol–water partition coefficient (Wildman–Crippen LogP) is 5.95. The number of allylic oxidation sites excluding steroid dienone is 1. The zero-order valence-electron chi connectivity index (χ0n) is 17.8. The molecule has 2 aromatic carbocycles. The van der Waals surface area contributed by atoms with Crippen molar-refractivity contribution >= 4 is 34.1 Å². The standard InChI is InChI=1S/C27H22FN3O2/c28-27-22-15-19(10-13-23(22)30-31-27)26(20-9-11-21(29-16-20)12-14-24(32)33)25(18-7-4-8-18)17-5-2-1-3-6-17/h1-3,5-6,9-16,18H,4,7-8H2,(H,30,31)(H,32,33)/b14-12+,26-25+. The zero-order chi connectivity index (χ0) is 22.8.